The first-order valence-corrected chi connectivity index (χ1v) is 4.34. The van der Waals surface area contributed by atoms with Crippen molar-refractivity contribution in [2.75, 3.05) is 6.61 Å². The Balaban J connectivity index is 2.31. The van der Waals surface area contributed by atoms with Crippen LogP contribution in [-0.2, 0) is 11.3 Å². The largest absolute Gasteiger partial charge is 0.465 e. The first-order chi connectivity index (χ1) is 6.36. The number of hydrogen-bond donors (Lipinski definition) is 0. The highest BCUT2D eigenvalue weighted by molar-refractivity contribution is 5.33. The van der Waals surface area contributed by atoms with Crippen molar-refractivity contribution in [2.45, 2.75) is 13.5 Å². The van der Waals surface area contributed by atoms with Gasteiger partial charge in [-0.1, -0.05) is 18.2 Å². The third kappa shape index (κ3) is 1.90. The average Bonchev–Trinajstić information content (AvgIpc) is 2.13. The summed E-state index contributed by atoms with van der Waals surface area (Å²) in [7, 11) is 0. The Morgan fingerprint density at radius 2 is 2.00 bits per heavy atom. The molecule has 2 heteroatoms. The maximum Gasteiger partial charge on any atom is 0.132 e. The van der Waals surface area contributed by atoms with Gasteiger partial charge < -0.3 is 9.47 Å². The van der Waals surface area contributed by atoms with Gasteiger partial charge in [-0.3, -0.25) is 0 Å². The minimum atomic E-state index is 0.626. The molecule has 13 heavy (non-hydrogen) atoms. The average molecular weight is 176 g/mol. The molecular formula is C11H12O2. The summed E-state index contributed by atoms with van der Waals surface area (Å²) in [4.78, 5) is 0. The summed E-state index contributed by atoms with van der Waals surface area (Å²) in [6.45, 7) is 3.27. The fraction of sp³-hybridized carbons (Fsp3) is 0.273. The zero-order chi connectivity index (χ0) is 9.10. The Morgan fingerprint density at radius 3 is 2.92 bits per heavy atom. The van der Waals surface area contributed by atoms with Gasteiger partial charge in [-0.15, -0.1) is 0 Å². The minimum absolute atomic E-state index is 0.626. The molecule has 0 saturated carbocycles. The molecule has 0 unspecified atom stereocenters. The van der Waals surface area contributed by atoms with Crippen LogP contribution in [0.5, 0.6) is 5.75 Å². The van der Waals surface area contributed by atoms with Crippen molar-refractivity contribution < 1.29 is 9.47 Å². The summed E-state index contributed by atoms with van der Waals surface area (Å²) in [6.07, 6.45) is 1.75. The van der Waals surface area contributed by atoms with Crippen LogP contribution in [0.15, 0.2) is 36.1 Å². The van der Waals surface area contributed by atoms with Crippen molar-refractivity contribution >= 4 is 0 Å². The zero-order valence-corrected chi connectivity index (χ0v) is 7.62. The first-order valence-electron chi connectivity index (χ1n) is 4.34. The summed E-state index contributed by atoms with van der Waals surface area (Å²) in [6, 6.07) is 7.92. The summed E-state index contributed by atoms with van der Waals surface area (Å²) in [5, 5.41) is 0. The van der Waals surface area contributed by atoms with Crippen molar-refractivity contribution in [1.82, 2.24) is 0 Å². The maximum atomic E-state index is 5.50. The molecule has 1 aliphatic heterocycles. The normalized spacial score (nSPS) is 20.2. The molecule has 0 bridgehead atoms. The molecule has 0 atom stereocenters. The second-order valence-corrected chi connectivity index (χ2v) is 3.18. The van der Waals surface area contributed by atoms with Crippen molar-refractivity contribution in [3.05, 3.63) is 41.7 Å². The molecule has 0 aliphatic carbocycles. The standard InChI is InChI=1S/C11H12O2/c1-9-6-12-8-10-4-2-3-5-11(10)13-7-9/h2-5,7H,6,8H2,1H3/b9-7-. The van der Waals surface area contributed by atoms with Crippen LogP contribution in [0.1, 0.15) is 12.5 Å². The molecule has 0 aromatic heterocycles. The van der Waals surface area contributed by atoms with Crippen LogP contribution < -0.4 is 4.74 Å². The fourth-order valence-corrected chi connectivity index (χ4v) is 1.26. The van der Waals surface area contributed by atoms with E-state index >= 15 is 0 Å². The van der Waals surface area contributed by atoms with E-state index in [9.17, 15) is 0 Å². The predicted molar refractivity (Wildman–Crippen MR) is 50.5 cm³/mol. The van der Waals surface area contributed by atoms with E-state index in [1.54, 1.807) is 6.26 Å². The molecule has 1 aliphatic rings. The highest BCUT2D eigenvalue weighted by Crippen LogP contribution is 2.21. The molecule has 2 nitrogen and oxygen atoms in total. The van der Waals surface area contributed by atoms with Gasteiger partial charge in [-0.05, 0) is 18.6 Å². The second kappa shape index (κ2) is 3.62. The van der Waals surface area contributed by atoms with Gasteiger partial charge in [-0.2, -0.15) is 0 Å². The molecule has 0 amide bonds. The van der Waals surface area contributed by atoms with Gasteiger partial charge >= 0.3 is 0 Å². The third-order valence-corrected chi connectivity index (χ3v) is 1.95. The molecule has 68 valence electrons. The lowest BCUT2D eigenvalue weighted by Crippen LogP contribution is -2.03. The van der Waals surface area contributed by atoms with E-state index in [4.69, 9.17) is 9.47 Å². The van der Waals surface area contributed by atoms with Crippen LogP contribution in [-0.4, -0.2) is 6.61 Å². The molecule has 1 aromatic carbocycles. The summed E-state index contributed by atoms with van der Waals surface area (Å²) >= 11 is 0. The quantitative estimate of drug-likeness (QED) is 0.604. The van der Waals surface area contributed by atoms with E-state index in [-0.39, 0.29) is 0 Å². The molecule has 1 heterocycles. The van der Waals surface area contributed by atoms with Gasteiger partial charge in [-0.25, -0.2) is 0 Å². The van der Waals surface area contributed by atoms with Crippen LogP contribution in [0.25, 0.3) is 0 Å². The van der Waals surface area contributed by atoms with Gasteiger partial charge in [0.15, 0.2) is 0 Å². The van der Waals surface area contributed by atoms with Crippen molar-refractivity contribution in [2.24, 2.45) is 0 Å². The lowest BCUT2D eigenvalue weighted by Gasteiger charge is -2.13. The van der Waals surface area contributed by atoms with Crippen molar-refractivity contribution in [3.8, 4) is 5.75 Å². The number of rotatable bonds is 0. The van der Waals surface area contributed by atoms with Crippen LogP contribution >= 0.6 is 0 Å². The van der Waals surface area contributed by atoms with Gasteiger partial charge in [0.2, 0.25) is 0 Å². The Labute approximate surface area is 77.8 Å². The lowest BCUT2D eigenvalue weighted by molar-refractivity contribution is 0.135. The van der Waals surface area contributed by atoms with Crippen LogP contribution in [0.3, 0.4) is 0 Å². The predicted octanol–water partition coefficient (Wildman–Crippen LogP) is 2.50. The Hall–Kier alpha value is -1.28. The summed E-state index contributed by atoms with van der Waals surface area (Å²) < 4.78 is 11.0. The summed E-state index contributed by atoms with van der Waals surface area (Å²) in [5.41, 5.74) is 2.21. The van der Waals surface area contributed by atoms with E-state index < -0.39 is 0 Å². The number of ether oxygens (including phenoxy) is 2. The number of para-hydroxylation sites is 1. The molecule has 0 spiro atoms. The van der Waals surface area contributed by atoms with Gasteiger partial charge in [0.25, 0.3) is 0 Å². The van der Waals surface area contributed by atoms with E-state index in [2.05, 4.69) is 0 Å². The Kier molecular flexibility index (Phi) is 2.32. The number of benzene rings is 1. The summed E-state index contributed by atoms with van der Waals surface area (Å²) in [5.74, 6) is 0.890. The van der Waals surface area contributed by atoms with Crippen LogP contribution in [0.4, 0.5) is 0 Å². The molecule has 0 radical (unpaired) electrons. The highest BCUT2D eigenvalue weighted by atomic mass is 16.5. The van der Waals surface area contributed by atoms with Crippen molar-refractivity contribution in [3.63, 3.8) is 0 Å². The smallest absolute Gasteiger partial charge is 0.132 e. The SMILES string of the molecule is C/C1=C/Oc2ccccc2COC1. The Morgan fingerprint density at radius 1 is 1.15 bits per heavy atom. The minimum Gasteiger partial charge on any atom is -0.465 e. The monoisotopic (exact) mass is 176 g/mol. The zero-order valence-electron chi connectivity index (χ0n) is 7.62. The number of hydrogen-bond acceptors (Lipinski definition) is 2. The highest BCUT2D eigenvalue weighted by Gasteiger charge is 2.05. The van der Waals surface area contributed by atoms with E-state index in [0.717, 1.165) is 16.9 Å². The van der Waals surface area contributed by atoms with Gasteiger partial charge in [0.05, 0.1) is 19.5 Å². The number of fused-ring (bicyclic) bond motifs is 1. The molecule has 1 aromatic rings. The van der Waals surface area contributed by atoms with Crippen molar-refractivity contribution in [1.29, 1.82) is 0 Å². The fourth-order valence-electron chi connectivity index (χ4n) is 1.26. The molecular weight excluding hydrogens is 164 g/mol. The van der Waals surface area contributed by atoms with E-state index in [1.807, 2.05) is 31.2 Å². The maximum absolute atomic E-state index is 5.50. The van der Waals surface area contributed by atoms with Gasteiger partial charge in [0, 0.05) is 5.56 Å². The van der Waals surface area contributed by atoms with Crippen LogP contribution in [0.2, 0.25) is 0 Å². The first kappa shape index (κ1) is 8.32. The van der Waals surface area contributed by atoms with Gasteiger partial charge in [0.1, 0.15) is 5.75 Å². The molecule has 2 rings (SSSR count). The Bertz CT molecular complexity index is 329. The molecule has 0 saturated heterocycles. The van der Waals surface area contributed by atoms with E-state index in [1.165, 1.54) is 0 Å². The third-order valence-electron chi connectivity index (χ3n) is 1.95. The molecule has 0 N–H and O–H groups in total. The van der Waals surface area contributed by atoms with E-state index in [0.29, 0.717) is 13.2 Å². The second-order valence-electron chi connectivity index (χ2n) is 3.18. The van der Waals surface area contributed by atoms with Crippen LogP contribution in [0, 0.1) is 0 Å². The molecule has 0 fully saturated rings. The lowest BCUT2D eigenvalue weighted by atomic mass is 10.2. The topological polar surface area (TPSA) is 18.5 Å².